The highest BCUT2D eigenvalue weighted by Gasteiger charge is 2.11. The number of phenolic OH excluding ortho intramolecular Hbond substituents is 1. The summed E-state index contributed by atoms with van der Waals surface area (Å²) >= 11 is 0. The van der Waals surface area contributed by atoms with E-state index in [1.807, 2.05) is 44.2 Å². The molecule has 0 amide bonds. The van der Waals surface area contributed by atoms with Crippen LogP contribution < -0.4 is 10.1 Å². The Morgan fingerprint density at radius 2 is 1.81 bits per heavy atom. The van der Waals surface area contributed by atoms with Crippen molar-refractivity contribution in [3.8, 4) is 11.5 Å². The van der Waals surface area contributed by atoms with Crippen molar-refractivity contribution >= 4 is 0 Å². The van der Waals surface area contributed by atoms with Crippen LogP contribution in [-0.4, -0.2) is 11.2 Å². The van der Waals surface area contributed by atoms with Gasteiger partial charge in [0.1, 0.15) is 11.5 Å². The molecule has 2 aromatic carbocycles. The van der Waals surface area contributed by atoms with Crippen LogP contribution in [0.2, 0.25) is 0 Å². The molecule has 0 aromatic heterocycles. The van der Waals surface area contributed by atoms with Gasteiger partial charge in [-0.15, -0.1) is 0 Å². The van der Waals surface area contributed by atoms with E-state index in [0.29, 0.717) is 12.3 Å². The summed E-state index contributed by atoms with van der Waals surface area (Å²) in [6.45, 7) is 6.88. The highest BCUT2D eigenvalue weighted by molar-refractivity contribution is 5.36. The Morgan fingerprint density at radius 3 is 2.52 bits per heavy atom. The highest BCUT2D eigenvalue weighted by atomic mass is 16.5. The van der Waals surface area contributed by atoms with Gasteiger partial charge in [-0.1, -0.05) is 30.3 Å². The highest BCUT2D eigenvalue weighted by Crippen LogP contribution is 2.26. The predicted molar refractivity (Wildman–Crippen MR) is 85.6 cm³/mol. The van der Waals surface area contributed by atoms with Crippen molar-refractivity contribution in [1.29, 1.82) is 0 Å². The van der Waals surface area contributed by atoms with E-state index in [4.69, 9.17) is 4.74 Å². The quantitative estimate of drug-likeness (QED) is 0.842. The zero-order chi connectivity index (χ0) is 15.2. The molecule has 0 radical (unpaired) electrons. The summed E-state index contributed by atoms with van der Waals surface area (Å²) in [7, 11) is 0. The van der Waals surface area contributed by atoms with Gasteiger partial charge in [-0.05, 0) is 44.5 Å². The zero-order valence-electron chi connectivity index (χ0n) is 12.8. The number of rotatable bonds is 6. The molecule has 2 rings (SSSR count). The summed E-state index contributed by atoms with van der Waals surface area (Å²) in [4.78, 5) is 0. The van der Waals surface area contributed by atoms with Crippen LogP contribution in [0, 0.1) is 0 Å². The van der Waals surface area contributed by atoms with Crippen molar-refractivity contribution in [1.82, 2.24) is 5.32 Å². The van der Waals surface area contributed by atoms with Crippen LogP contribution >= 0.6 is 0 Å². The fourth-order valence-electron chi connectivity index (χ4n) is 2.25. The van der Waals surface area contributed by atoms with E-state index in [2.05, 4.69) is 18.3 Å². The average Bonchev–Trinajstić information content (AvgIpc) is 2.45. The number of benzene rings is 2. The van der Waals surface area contributed by atoms with Gasteiger partial charge in [-0.2, -0.15) is 0 Å². The van der Waals surface area contributed by atoms with Gasteiger partial charge in [0.25, 0.3) is 0 Å². The molecule has 0 saturated heterocycles. The van der Waals surface area contributed by atoms with Crippen LogP contribution in [0.25, 0.3) is 0 Å². The van der Waals surface area contributed by atoms with E-state index in [9.17, 15) is 5.11 Å². The maximum Gasteiger partial charge on any atom is 0.124 e. The smallest absolute Gasteiger partial charge is 0.124 e. The van der Waals surface area contributed by atoms with Crippen molar-refractivity contribution < 1.29 is 9.84 Å². The first kappa shape index (κ1) is 15.4. The van der Waals surface area contributed by atoms with Gasteiger partial charge < -0.3 is 15.2 Å². The van der Waals surface area contributed by atoms with E-state index in [0.717, 1.165) is 16.9 Å². The molecule has 3 heteroatoms. The van der Waals surface area contributed by atoms with E-state index < -0.39 is 0 Å². The molecule has 0 spiro atoms. The second-order valence-electron chi connectivity index (χ2n) is 5.48. The number of phenols is 1. The molecule has 0 aliphatic carbocycles. The van der Waals surface area contributed by atoms with Crippen LogP contribution in [-0.2, 0) is 6.54 Å². The number of nitrogens with one attached hydrogen (secondary N) is 1. The van der Waals surface area contributed by atoms with Crippen molar-refractivity contribution in [2.45, 2.75) is 39.5 Å². The lowest BCUT2D eigenvalue weighted by Gasteiger charge is -2.20. The SMILES string of the molecule is CC(C)Oc1ccccc1C(C)NCc1cccc(O)c1. The lowest BCUT2D eigenvalue weighted by Crippen LogP contribution is -2.19. The molecule has 0 aliphatic rings. The van der Waals surface area contributed by atoms with Gasteiger partial charge in [0.2, 0.25) is 0 Å². The third-order valence-electron chi connectivity index (χ3n) is 3.27. The van der Waals surface area contributed by atoms with Gasteiger partial charge in [0.15, 0.2) is 0 Å². The first-order chi connectivity index (χ1) is 10.1. The van der Waals surface area contributed by atoms with Crippen LogP contribution in [0.5, 0.6) is 11.5 Å². The van der Waals surface area contributed by atoms with E-state index in [1.165, 1.54) is 0 Å². The molecule has 0 aliphatic heterocycles. The third kappa shape index (κ3) is 4.50. The monoisotopic (exact) mass is 285 g/mol. The van der Waals surface area contributed by atoms with Crippen LogP contribution in [0.1, 0.15) is 37.9 Å². The van der Waals surface area contributed by atoms with Crippen molar-refractivity contribution in [2.75, 3.05) is 0 Å². The normalized spacial score (nSPS) is 12.4. The molecule has 2 aromatic rings. The molecule has 0 heterocycles. The molecule has 112 valence electrons. The topological polar surface area (TPSA) is 41.5 Å². The van der Waals surface area contributed by atoms with Gasteiger partial charge in [-0.3, -0.25) is 0 Å². The minimum Gasteiger partial charge on any atom is -0.508 e. The number of ether oxygens (including phenoxy) is 1. The number of hydrogen-bond donors (Lipinski definition) is 2. The Hall–Kier alpha value is -2.00. The number of hydrogen-bond acceptors (Lipinski definition) is 3. The summed E-state index contributed by atoms with van der Waals surface area (Å²) < 4.78 is 5.86. The van der Waals surface area contributed by atoms with E-state index in [1.54, 1.807) is 12.1 Å². The fourth-order valence-corrected chi connectivity index (χ4v) is 2.25. The summed E-state index contributed by atoms with van der Waals surface area (Å²) in [5, 5.41) is 13.0. The Bertz CT molecular complexity index is 581. The second-order valence-corrected chi connectivity index (χ2v) is 5.48. The van der Waals surface area contributed by atoms with E-state index >= 15 is 0 Å². The van der Waals surface area contributed by atoms with Crippen LogP contribution in [0.4, 0.5) is 0 Å². The molecule has 1 atom stereocenters. The van der Waals surface area contributed by atoms with Gasteiger partial charge in [-0.25, -0.2) is 0 Å². The molecule has 1 unspecified atom stereocenters. The van der Waals surface area contributed by atoms with Crippen LogP contribution in [0.15, 0.2) is 48.5 Å². The Labute approximate surface area is 126 Å². The largest absolute Gasteiger partial charge is 0.508 e. The molecule has 0 fully saturated rings. The maximum absolute atomic E-state index is 9.49. The Kier molecular flexibility index (Phi) is 5.23. The molecule has 3 nitrogen and oxygen atoms in total. The number of para-hydroxylation sites is 1. The molecular weight excluding hydrogens is 262 g/mol. The Morgan fingerprint density at radius 1 is 1.05 bits per heavy atom. The fraction of sp³-hybridized carbons (Fsp3) is 0.333. The minimum atomic E-state index is 0.157. The molecular formula is C18H23NO2. The summed E-state index contributed by atoms with van der Waals surface area (Å²) in [5.74, 6) is 1.22. The van der Waals surface area contributed by atoms with Gasteiger partial charge in [0.05, 0.1) is 6.10 Å². The zero-order valence-corrected chi connectivity index (χ0v) is 12.8. The van der Waals surface area contributed by atoms with Gasteiger partial charge >= 0.3 is 0 Å². The summed E-state index contributed by atoms with van der Waals surface area (Å²) in [6.07, 6.45) is 0.157. The van der Waals surface area contributed by atoms with Crippen LogP contribution in [0.3, 0.4) is 0 Å². The van der Waals surface area contributed by atoms with Crippen molar-refractivity contribution in [2.24, 2.45) is 0 Å². The molecule has 0 bridgehead atoms. The molecule has 21 heavy (non-hydrogen) atoms. The summed E-state index contributed by atoms with van der Waals surface area (Å²) in [6, 6.07) is 15.6. The third-order valence-corrected chi connectivity index (χ3v) is 3.27. The lowest BCUT2D eigenvalue weighted by atomic mass is 10.1. The first-order valence-corrected chi connectivity index (χ1v) is 7.33. The molecule has 0 saturated carbocycles. The standard InChI is InChI=1S/C18H23NO2/c1-13(2)21-18-10-5-4-9-17(18)14(3)19-12-15-7-6-8-16(20)11-15/h4-11,13-14,19-20H,12H2,1-3H3. The summed E-state index contributed by atoms with van der Waals surface area (Å²) in [5.41, 5.74) is 2.20. The van der Waals surface area contributed by atoms with Crippen molar-refractivity contribution in [3.05, 3.63) is 59.7 Å². The minimum absolute atomic E-state index is 0.157. The maximum atomic E-state index is 9.49. The average molecular weight is 285 g/mol. The molecule has 2 N–H and O–H groups in total. The van der Waals surface area contributed by atoms with Gasteiger partial charge in [0, 0.05) is 18.2 Å². The van der Waals surface area contributed by atoms with E-state index in [-0.39, 0.29) is 12.1 Å². The first-order valence-electron chi connectivity index (χ1n) is 7.33. The lowest BCUT2D eigenvalue weighted by molar-refractivity contribution is 0.238. The van der Waals surface area contributed by atoms with Crippen molar-refractivity contribution in [3.63, 3.8) is 0 Å². The predicted octanol–water partition coefficient (Wildman–Crippen LogP) is 4.03. The second kappa shape index (κ2) is 7.14. The Balaban J connectivity index is 2.04. The number of aromatic hydroxyl groups is 1.